The molecule has 1 aromatic heterocycles. The standard InChI is InChI=1S/C15H13BrN2O/c1-8(16)9-4-2-5-10-11-6-3-7-12(15(17)19)14(11)18-13(9)10/h2-8,18H,1H3,(H2,17,19). The summed E-state index contributed by atoms with van der Waals surface area (Å²) >= 11 is 3.60. The number of rotatable bonds is 2. The quantitative estimate of drug-likeness (QED) is 0.693. The van der Waals surface area contributed by atoms with Gasteiger partial charge in [0.2, 0.25) is 0 Å². The lowest BCUT2D eigenvalue weighted by Gasteiger charge is -2.04. The second-order valence-corrected chi connectivity index (χ2v) is 5.98. The van der Waals surface area contributed by atoms with Gasteiger partial charge >= 0.3 is 0 Å². The molecular weight excluding hydrogens is 304 g/mol. The molecule has 19 heavy (non-hydrogen) atoms. The third kappa shape index (κ3) is 1.83. The number of hydrogen-bond donors (Lipinski definition) is 2. The molecule has 0 aliphatic heterocycles. The van der Waals surface area contributed by atoms with Crippen LogP contribution in [0.4, 0.5) is 0 Å². The van der Waals surface area contributed by atoms with Crippen molar-refractivity contribution >= 4 is 43.6 Å². The van der Waals surface area contributed by atoms with Crippen molar-refractivity contribution in [1.29, 1.82) is 0 Å². The number of nitrogens with two attached hydrogens (primary N) is 1. The van der Waals surface area contributed by atoms with Gasteiger partial charge in [-0.1, -0.05) is 46.3 Å². The van der Waals surface area contributed by atoms with Crippen LogP contribution < -0.4 is 5.73 Å². The summed E-state index contributed by atoms with van der Waals surface area (Å²) in [5, 5.41) is 2.14. The molecule has 0 aliphatic carbocycles. The van der Waals surface area contributed by atoms with Crippen LogP contribution in [-0.4, -0.2) is 10.9 Å². The second kappa shape index (κ2) is 4.38. The van der Waals surface area contributed by atoms with Crippen molar-refractivity contribution in [3.05, 3.63) is 47.5 Å². The van der Waals surface area contributed by atoms with Gasteiger partial charge in [0, 0.05) is 15.6 Å². The fourth-order valence-corrected chi connectivity index (χ4v) is 2.89. The number of benzene rings is 2. The molecule has 1 heterocycles. The molecule has 0 saturated carbocycles. The molecular formula is C15H13BrN2O. The molecule has 0 saturated heterocycles. The maximum absolute atomic E-state index is 11.5. The van der Waals surface area contributed by atoms with Gasteiger partial charge < -0.3 is 10.7 Å². The van der Waals surface area contributed by atoms with Crippen LogP contribution in [0.5, 0.6) is 0 Å². The van der Waals surface area contributed by atoms with Gasteiger partial charge in [-0.15, -0.1) is 0 Å². The highest BCUT2D eigenvalue weighted by Crippen LogP contribution is 2.34. The zero-order valence-electron chi connectivity index (χ0n) is 10.4. The highest BCUT2D eigenvalue weighted by molar-refractivity contribution is 9.09. The van der Waals surface area contributed by atoms with E-state index in [1.165, 1.54) is 5.56 Å². The first-order valence-corrected chi connectivity index (χ1v) is 6.98. The van der Waals surface area contributed by atoms with Crippen molar-refractivity contribution in [3.8, 4) is 0 Å². The van der Waals surface area contributed by atoms with Crippen LogP contribution >= 0.6 is 15.9 Å². The van der Waals surface area contributed by atoms with Gasteiger partial charge in [0.05, 0.1) is 16.6 Å². The molecule has 3 rings (SSSR count). The Balaban J connectivity index is 2.48. The first kappa shape index (κ1) is 12.2. The normalized spacial score (nSPS) is 12.9. The van der Waals surface area contributed by atoms with E-state index in [0.29, 0.717) is 5.56 Å². The fourth-order valence-electron chi connectivity index (χ4n) is 2.51. The number of carbonyl (C=O) groups is 1. The molecule has 4 heteroatoms. The average Bonchev–Trinajstić information content (AvgIpc) is 2.76. The Labute approximate surface area is 118 Å². The summed E-state index contributed by atoms with van der Waals surface area (Å²) in [6, 6.07) is 11.8. The highest BCUT2D eigenvalue weighted by Gasteiger charge is 2.14. The number of primary amides is 1. The lowest BCUT2D eigenvalue weighted by Crippen LogP contribution is -2.11. The van der Waals surface area contributed by atoms with Gasteiger partial charge in [-0.3, -0.25) is 4.79 Å². The van der Waals surface area contributed by atoms with Crippen LogP contribution in [0.3, 0.4) is 0 Å². The predicted octanol–water partition coefficient (Wildman–Crippen LogP) is 3.88. The third-order valence-corrected chi connectivity index (χ3v) is 3.89. The maximum atomic E-state index is 11.5. The zero-order valence-corrected chi connectivity index (χ0v) is 12.0. The summed E-state index contributed by atoms with van der Waals surface area (Å²) in [5.41, 5.74) is 8.99. The number of nitrogens with one attached hydrogen (secondary N) is 1. The molecule has 96 valence electrons. The van der Waals surface area contributed by atoms with Crippen LogP contribution in [0.2, 0.25) is 0 Å². The number of para-hydroxylation sites is 2. The Hall–Kier alpha value is -1.81. The van der Waals surface area contributed by atoms with E-state index in [-0.39, 0.29) is 4.83 Å². The molecule has 1 unspecified atom stereocenters. The van der Waals surface area contributed by atoms with Gasteiger partial charge in [-0.2, -0.15) is 0 Å². The van der Waals surface area contributed by atoms with E-state index in [1.54, 1.807) is 6.07 Å². The molecule has 0 aliphatic rings. The summed E-state index contributed by atoms with van der Waals surface area (Å²) in [7, 11) is 0. The molecule has 1 amide bonds. The molecule has 3 aromatic rings. The minimum Gasteiger partial charge on any atom is -0.366 e. The number of aromatic amines is 1. The van der Waals surface area contributed by atoms with Crippen LogP contribution in [0, 0.1) is 0 Å². The Kier molecular flexibility index (Phi) is 2.82. The second-order valence-electron chi connectivity index (χ2n) is 4.60. The lowest BCUT2D eigenvalue weighted by atomic mass is 10.1. The number of halogens is 1. The number of H-pyrrole nitrogens is 1. The van der Waals surface area contributed by atoms with Crippen molar-refractivity contribution in [1.82, 2.24) is 4.98 Å². The van der Waals surface area contributed by atoms with Crippen molar-refractivity contribution in [2.45, 2.75) is 11.8 Å². The molecule has 2 aromatic carbocycles. The molecule has 0 fully saturated rings. The van der Waals surface area contributed by atoms with Crippen molar-refractivity contribution in [2.75, 3.05) is 0 Å². The average molecular weight is 317 g/mol. The smallest absolute Gasteiger partial charge is 0.250 e. The van der Waals surface area contributed by atoms with Crippen LogP contribution in [-0.2, 0) is 0 Å². The van der Waals surface area contributed by atoms with Gasteiger partial charge in [0.15, 0.2) is 0 Å². The summed E-state index contributed by atoms with van der Waals surface area (Å²) < 4.78 is 0. The summed E-state index contributed by atoms with van der Waals surface area (Å²) in [4.78, 5) is 15.1. The minimum atomic E-state index is -0.411. The van der Waals surface area contributed by atoms with E-state index >= 15 is 0 Å². The number of hydrogen-bond acceptors (Lipinski definition) is 1. The number of aromatic nitrogens is 1. The monoisotopic (exact) mass is 316 g/mol. The Morgan fingerprint density at radius 3 is 2.42 bits per heavy atom. The topological polar surface area (TPSA) is 58.9 Å². The van der Waals surface area contributed by atoms with E-state index < -0.39 is 5.91 Å². The highest BCUT2D eigenvalue weighted by atomic mass is 79.9. The molecule has 0 bridgehead atoms. The van der Waals surface area contributed by atoms with E-state index in [0.717, 1.165) is 21.8 Å². The van der Waals surface area contributed by atoms with E-state index in [2.05, 4.69) is 40.0 Å². The lowest BCUT2D eigenvalue weighted by molar-refractivity contribution is 0.100. The van der Waals surface area contributed by atoms with Crippen molar-refractivity contribution < 1.29 is 4.79 Å². The molecule has 3 N–H and O–H groups in total. The summed E-state index contributed by atoms with van der Waals surface area (Å²) in [6.45, 7) is 2.08. The van der Waals surface area contributed by atoms with Gasteiger partial charge in [-0.25, -0.2) is 0 Å². The summed E-state index contributed by atoms with van der Waals surface area (Å²) in [5.74, 6) is -0.411. The first-order valence-electron chi connectivity index (χ1n) is 6.07. The number of amides is 1. The van der Waals surface area contributed by atoms with Gasteiger partial charge in [0.1, 0.15) is 0 Å². The largest absolute Gasteiger partial charge is 0.366 e. The van der Waals surface area contributed by atoms with E-state index in [4.69, 9.17) is 5.73 Å². The Bertz CT molecular complexity index is 789. The minimum absolute atomic E-state index is 0.237. The molecule has 0 radical (unpaired) electrons. The predicted molar refractivity (Wildman–Crippen MR) is 81.7 cm³/mol. The fraction of sp³-hybridized carbons (Fsp3) is 0.133. The molecule has 3 nitrogen and oxygen atoms in total. The van der Waals surface area contributed by atoms with E-state index in [1.807, 2.05) is 18.2 Å². The Morgan fingerprint density at radius 2 is 1.79 bits per heavy atom. The third-order valence-electron chi connectivity index (χ3n) is 3.40. The maximum Gasteiger partial charge on any atom is 0.250 e. The summed E-state index contributed by atoms with van der Waals surface area (Å²) in [6.07, 6.45) is 0. The zero-order chi connectivity index (χ0) is 13.6. The molecule has 0 spiro atoms. The SMILES string of the molecule is CC(Br)c1cccc2c1[nH]c1c(C(N)=O)cccc12. The van der Waals surface area contributed by atoms with Gasteiger partial charge in [0.25, 0.3) is 5.91 Å². The molecule has 1 atom stereocenters. The van der Waals surface area contributed by atoms with Crippen LogP contribution in [0.25, 0.3) is 21.8 Å². The Morgan fingerprint density at radius 1 is 1.16 bits per heavy atom. The number of fused-ring (bicyclic) bond motifs is 3. The van der Waals surface area contributed by atoms with Crippen LogP contribution in [0.1, 0.15) is 27.7 Å². The van der Waals surface area contributed by atoms with Crippen molar-refractivity contribution in [3.63, 3.8) is 0 Å². The van der Waals surface area contributed by atoms with Crippen molar-refractivity contribution in [2.24, 2.45) is 5.73 Å². The first-order chi connectivity index (χ1) is 9.09. The number of alkyl halides is 1. The van der Waals surface area contributed by atoms with E-state index in [9.17, 15) is 4.79 Å². The number of carbonyl (C=O) groups excluding carboxylic acids is 1. The van der Waals surface area contributed by atoms with Gasteiger partial charge in [-0.05, 0) is 18.6 Å². The van der Waals surface area contributed by atoms with Crippen LogP contribution in [0.15, 0.2) is 36.4 Å².